The maximum absolute atomic E-state index is 13.2. The third-order valence-electron chi connectivity index (χ3n) is 8.11. The zero-order chi connectivity index (χ0) is 36.1. The number of phenols is 1. The van der Waals surface area contributed by atoms with Crippen molar-refractivity contribution in [1.82, 2.24) is 4.31 Å². The number of hydrogen-bond donors (Lipinski definition) is 3. The lowest BCUT2D eigenvalue weighted by Gasteiger charge is -2.27. The fourth-order valence-corrected chi connectivity index (χ4v) is 6.87. The number of carbonyl (C=O) groups is 2. The van der Waals surface area contributed by atoms with E-state index in [9.17, 15) is 18.9 Å². The van der Waals surface area contributed by atoms with Gasteiger partial charge in [-0.3, -0.25) is 13.8 Å². The second-order valence-corrected chi connectivity index (χ2v) is 16.4. The first kappa shape index (κ1) is 38.9. The van der Waals surface area contributed by atoms with Crippen LogP contribution in [0.4, 0.5) is 11.4 Å². The van der Waals surface area contributed by atoms with Crippen molar-refractivity contribution < 1.29 is 27.8 Å². The molecule has 1 heterocycles. The summed E-state index contributed by atoms with van der Waals surface area (Å²) in [6, 6.07) is 12.6. The number of hydrogen-bond acceptors (Lipinski definition) is 6. The van der Waals surface area contributed by atoms with Crippen LogP contribution in [0.3, 0.4) is 0 Å². The molecule has 1 fully saturated rings. The molecule has 0 saturated carbocycles. The van der Waals surface area contributed by atoms with Crippen LogP contribution in [0.25, 0.3) is 0 Å². The van der Waals surface area contributed by atoms with Gasteiger partial charge in [-0.05, 0) is 78.0 Å². The van der Waals surface area contributed by atoms with Crippen molar-refractivity contribution in [2.75, 3.05) is 30.4 Å². The van der Waals surface area contributed by atoms with E-state index >= 15 is 0 Å². The van der Waals surface area contributed by atoms with E-state index in [4.69, 9.17) is 43.7 Å². The number of anilines is 2. The van der Waals surface area contributed by atoms with Gasteiger partial charge < -0.3 is 20.5 Å². The van der Waals surface area contributed by atoms with Gasteiger partial charge in [0.05, 0.1) is 39.7 Å². The molecule has 9 nitrogen and oxygen atoms in total. The van der Waals surface area contributed by atoms with Crippen LogP contribution in [0.2, 0.25) is 15.1 Å². The minimum atomic E-state index is -1.83. The molecule has 266 valence electrons. The third kappa shape index (κ3) is 10.3. The van der Waals surface area contributed by atoms with E-state index in [1.807, 2.05) is 6.07 Å². The highest BCUT2D eigenvalue weighted by molar-refractivity contribution is 7.77. The van der Waals surface area contributed by atoms with Crippen molar-refractivity contribution in [2.45, 2.75) is 84.1 Å². The van der Waals surface area contributed by atoms with Crippen LogP contribution in [0.1, 0.15) is 88.7 Å². The van der Waals surface area contributed by atoms with E-state index in [0.29, 0.717) is 43.9 Å². The molecule has 0 spiro atoms. The zero-order valence-corrected chi connectivity index (χ0v) is 31.7. The number of unbranched alkanes of at least 4 members (excludes halogenated alkanes) is 1. The van der Waals surface area contributed by atoms with Crippen LogP contribution >= 0.6 is 34.8 Å². The SMILES string of the molecule is CC(C)(C)c1ccc(OCCCCOS(=O)N2CCCC2C(=O)Nc2cc(O)c(NC(=O)c3ccc(Cl)c(Cl)c3)cc2Cl)c(C(C)(C)C)c1. The number of phenolic OH excluding ortho intramolecular Hbond substituents is 1. The number of rotatable bonds is 12. The summed E-state index contributed by atoms with van der Waals surface area (Å²) in [6.07, 6.45) is 2.46. The molecule has 2 unspecified atom stereocenters. The Balaban J connectivity index is 1.27. The first-order valence-electron chi connectivity index (χ1n) is 16.1. The van der Waals surface area contributed by atoms with Crippen molar-refractivity contribution in [2.24, 2.45) is 0 Å². The summed E-state index contributed by atoms with van der Waals surface area (Å²) in [5, 5.41) is 16.4. The number of nitrogens with one attached hydrogen (secondary N) is 2. The first-order chi connectivity index (χ1) is 23.0. The Morgan fingerprint density at radius 1 is 0.878 bits per heavy atom. The summed E-state index contributed by atoms with van der Waals surface area (Å²) < 4.78 is 26.3. The predicted octanol–water partition coefficient (Wildman–Crippen LogP) is 9.06. The molecule has 0 aromatic heterocycles. The lowest BCUT2D eigenvalue weighted by molar-refractivity contribution is -0.119. The number of aromatic hydroxyl groups is 1. The molecule has 0 bridgehead atoms. The van der Waals surface area contributed by atoms with E-state index in [1.54, 1.807) is 0 Å². The second-order valence-electron chi connectivity index (χ2n) is 14.0. The number of halogens is 3. The Morgan fingerprint density at radius 3 is 2.27 bits per heavy atom. The molecule has 3 N–H and O–H groups in total. The molecule has 1 aliphatic heterocycles. The molecule has 0 aliphatic carbocycles. The number of benzene rings is 3. The van der Waals surface area contributed by atoms with E-state index in [-0.39, 0.29) is 50.2 Å². The molecule has 3 aromatic carbocycles. The smallest absolute Gasteiger partial charge is 0.255 e. The summed E-state index contributed by atoms with van der Waals surface area (Å²) >= 11 is 16.5. The lowest BCUT2D eigenvalue weighted by Crippen LogP contribution is -2.41. The summed E-state index contributed by atoms with van der Waals surface area (Å²) in [5.74, 6) is -0.432. The van der Waals surface area contributed by atoms with Gasteiger partial charge in [0, 0.05) is 18.2 Å². The molecule has 49 heavy (non-hydrogen) atoms. The van der Waals surface area contributed by atoms with Gasteiger partial charge >= 0.3 is 0 Å². The van der Waals surface area contributed by atoms with Gasteiger partial charge in [0.2, 0.25) is 17.2 Å². The van der Waals surface area contributed by atoms with E-state index in [1.165, 1.54) is 40.2 Å². The van der Waals surface area contributed by atoms with Crippen molar-refractivity contribution in [1.29, 1.82) is 0 Å². The fraction of sp³-hybridized carbons (Fsp3) is 0.444. The number of nitrogens with zero attached hydrogens (tertiary/aromatic N) is 1. The summed E-state index contributed by atoms with van der Waals surface area (Å²) in [5.41, 5.74) is 2.79. The normalized spacial score (nSPS) is 16.0. The highest BCUT2D eigenvalue weighted by Gasteiger charge is 2.35. The Kier molecular flexibility index (Phi) is 13.1. The zero-order valence-electron chi connectivity index (χ0n) is 28.6. The summed E-state index contributed by atoms with van der Waals surface area (Å²) in [7, 11) is 0. The Hall–Kier alpha value is -2.86. The van der Waals surface area contributed by atoms with Gasteiger partial charge in [0.1, 0.15) is 17.5 Å². The Bertz CT molecular complexity index is 1710. The lowest BCUT2D eigenvalue weighted by atomic mass is 9.80. The van der Waals surface area contributed by atoms with E-state index < -0.39 is 29.1 Å². The third-order valence-corrected chi connectivity index (χ3v) is 10.3. The molecule has 2 atom stereocenters. The predicted molar refractivity (Wildman–Crippen MR) is 199 cm³/mol. The monoisotopic (exact) mass is 751 g/mol. The largest absolute Gasteiger partial charge is 0.506 e. The van der Waals surface area contributed by atoms with Gasteiger partial charge in [-0.2, -0.15) is 4.31 Å². The average molecular weight is 753 g/mol. The van der Waals surface area contributed by atoms with Crippen LogP contribution in [0.5, 0.6) is 11.5 Å². The van der Waals surface area contributed by atoms with Gasteiger partial charge in [-0.15, -0.1) is 0 Å². The number of carbonyl (C=O) groups excluding carboxylic acids is 2. The molecular formula is C36H44Cl3N3O6S. The van der Waals surface area contributed by atoms with Crippen LogP contribution in [-0.4, -0.2) is 51.2 Å². The highest BCUT2D eigenvalue weighted by atomic mass is 35.5. The molecular weight excluding hydrogens is 709 g/mol. The van der Waals surface area contributed by atoms with Crippen molar-refractivity contribution >= 4 is 69.3 Å². The molecule has 13 heteroatoms. The van der Waals surface area contributed by atoms with Crippen LogP contribution < -0.4 is 15.4 Å². The summed E-state index contributed by atoms with van der Waals surface area (Å²) in [6.45, 7) is 14.3. The standard InChI is InChI=1S/C36H44Cl3N3O6S/c1-35(2,3)23-12-14-32(24(19-23)36(4,5)6)47-16-7-8-17-48-49(46)42-15-9-10-30(42)34(45)40-28-21-31(43)29(20-27(28)39)41-33(44)22-11-13-25(37)26(38)18-22/h11-14,18-21,30,43H,7-10,15-17H2,1-6H3,(H,40,45)(H,41,44). The molecule has 2 amide bonds. The number of amides is 2. The van der Waals surface area contributed by atoms with E-state index in [0.717, 1.165) is 11.3 Å². The maximum atomic E-state index is 13.2. The first-order valence-corrected chi connectivity index (χ1v) is 18.3. The van der Waals surface area contributed by atoms with Crippen molar-refractivity contribution in [3.8, 4) is 11.5 Å². The molecule has 1 aliphatic rings. The summed E-state index contributed by atoms with van der Waals surface area (Å²) in [4.78, 5) is 25.9. The van der Waals surface area contributed by atoms with Gasteiger partial charge in [-0.1, -0.05) is 88.5 Å². The van der Waals surface area contributed by atoms with Crippen LogP contribution in [0.15, 0.2) is 48.5 Å². The van der Waals surface area contributed by atoms with Crippen molar-refractivity contribution in [3.05, 3.63) is 80.3 Å². The highest BCUT2D eigenvalue weighted by Crippen LogP contribution is 2.37. The minimum absolute atomic E-state index is 0.0366. The van der Waals surface area contributed by atoms with Gasteiger partial charge in [0.25, 0.3) is 5.91 Å². The van der Waals surface area contributed by atoms with Crippen LogP contribution in [-0.2, 0) is 31.1 Å². The van der Waals surface area contributed by atoms with Gasteiger partial charge in [0.15, 0.2) is 0 Å². The Labute approximate surface area is 306 Å². The Morgan fingerprint density at radius 2 is 1.59 bits per heavy atom. The van der Waals surface area contributed by atoms with Crippen molar-refractivity contribution in [3.63, 3.8) is 0 Å². The maximum Gasteiger partial charge on any atom is 0.255 e. The molecule has 3 aromatic rings. The van der Waals surface area contributed by atoms with Crippen LogP contribution in [0, 0.1) is 0 Å². The van der Waals surface area contributed by atoms with E-state index in [2.05, 4.69) is 64.3 Å². The van der Waals surface area contributed by atoms with Gasteiger partial charge in [-0.25, -0.2) is 4.21 Å². The molecule has 4 rings (SSSR count). The molecule has 0 radical (unpaired) electrons. The topological polar surface area (TPSA) is 117 Å². The quantitative estimate of drug-likeness (QED) is 0.126. The fourth-order valence-electron chi connectivity index (χ4n) is 5.28. The number of ether oxygens (including phenoxy) is 1. The average Bonchev–Trinajstić information content (AvgIpc) is 3.52. The second kappa shape index (κ2) is 16.4. The minimum Gasteiger partial charge on any atom is -0.506 e. The molecule has 1 saturated heterocycles.